The lowest BCUT2D eigenvalue weighted by atomic mass is 9.85. The lowest BCUT2D eigenvalue weighted by Crippen LogP contribution is -1.98. The van der Waals surface area contributed by atoms with E-state index in [2.05, 4.69) is 185 Å². The highest BCUT2D eigenvalue weighted by atomic mass is 15.1. The minimum absolute atomic E-state index is 0.887. The molecule has 0 unspecified atom stereocenters. The fourth-order valence-corrected chi connectivity index (χ4v) is 7.79. The molecule has 0 aliphatic heterocycles. The topological polar surface area (TPSA) is 30.7 Å². The van der Waals surface area contributed by atoms with Crippen molar-refractivity contribution in [3.63, 3.8) is 0 Å². The van der Waals surface area contributed by atoms with Crippen molar-refractivity contribution in [2.45, 2.75) is 0 Å². The van der Waals surface area contributed by atoms with Gasteiger partial charge in [-0.25, -0.2) is 4.98 Å². The number of fused-ring (bicyclic) bond motifs is 5. The standard InChI is InChI=1S/C48H31N3/c1-3-12-34(13-4-1)47-38-17-7-8-18-39(38)48(35-14-5-2-6-15-35)41-30-36(26-27-40(41)47)32-22-24-33(25-23-32)43-19-11-21-46(50-43)51-44-20-10-9-16-37(44)42-31-49-29-28-45(42)51/h1-31H. The second-order valence-corrected chi connectivity index (χ2v) is 13.0. The Kier molecular flexibility index (Phi) is 6.81. The van der Waals surface area contributed by atoms with E-state index in [-0.39, 0.29) is 0 Å². The Bertz CT molecular complexity index is 2840. The quantitative estimate of drug-likeness (QED) is 0.174. The van der Waals surface area contributed by atoms with E-state index in [0.29, 0.717) is 0 Å². The van der Waals surface area contributed by atoms with Gasteiger partial charge in [-0.1, -0.05) is 146 Å². The first kappa shape index (κ1) is 29.1. The minimum Gasteiger partial charge on any atom is -0.294 e. The van der Waals surface area contributed by atoms with Crippen molar-refractivity contribution >= 4 is 43.4 Å². The van der Waals surface area contributed by atoms with Crippen LogP contribution >= 0.6 is 0 Å². The molecule has 7 aromatic carbocycles. The van der Waals surface area contributed by atoms with Crippen LogP contribution in [0.3, 0.4) is 0 Å². The van der Waals surface area contributed by atoms with Gasteiger partial charge in [0.15, 0.2) is 0 Å². The molecule has 0 saturated carbocycles. The Morgan fingerprint density at radius 1 is 0.353 bits per heavy atom. The van der Waals surface area contributed by atoms with Gasteiger partial charge in [0, 0.05) is 28.7 Å². The summed E-state index contributed by atoms with van der Waals surface area (Å²) in [5.41, 5.74) is 11.6. The summed E-state index contributed by atoms with van der Waals surface area (Å²) in [4.78, 5) is 9.59. The van der Waals surface area contributed by atoms with Crippen molar-refractivity contribution in [2.24, 2.45) is 0 Å². The smallest absolute Gasteiger partial charge is 0.138 e. The van der Waals surface area contributed by atoms with Crippen LogP contribution in [0, 0.1) is 0 Å². The summed E-state index contributed by atoms with van der Waals surface area (Å²) in [5.74, 6) is 0.887. The number of para-hydroxylation sites is 1. The second-order valence-electron chi connectivity index (χ2n) is 13.0. The van der Waals surface area contributed by atoms with Gasteiger partial charge in [-0.2, -0.15) is 0 Å². The summed E-state index contributed by atoms with van der Waals surface area (Å²) in [6.45, 7) is 0. The molecule has 0 bridgehead atoms. The van der Waals surface area contributed by atoms with E-state index >= 15 is 0 Å². The number of hydrogen-bond donors (Lipinski definition) is 0. The molecule has 0 radical (unpaired) electrons. The van der Waals surface area contributed by atoms with Gasteiger partial charge in [0.25, 0.3) is 0 Å². The van der Waals surface area contributed by atoms with E-state index in [1.54, 1.807) is 0 Å². The van der Waals surface area contributed by atoms with E-state index in [1.165, 1.54) is 60.3 Å². The average Bonchev–Trinajstić information content (AvgIpc) is 3.55. The van der Waals surface area contributed by atoms with Crippen LogP contribution in [-0.4, -0.2) is 14.5 Å². The normalized spacial score (nSPS) is 11.5. The molecule has 0 N–H and O–H groups in total. The fraction of sp³-hybridized carbons (Fsp3) is 0. The number of nitrogens with zero attached hydrogens (tertiary/aromatic N) is 3. The fourth-order valence-electron chi connectivity index (χ4n) is 7.79. The van der Waals surface area contributed by atoms with Crippen LogP contribution in [0.2, 0.25) is 0 Å². The first-order valence-corrected chi connectivity index (χ1v) is 17.3. The van der Waals surface area contributed by atoms with Crippen LogP contribution in [0.15, 0.2) is 188 Å². The van der Waals surface area contributed by atoms with E-state index in [0.717, 1.165) is 33.5 Å². The van der Waals surface area contributed by atoms with Gasteiger partial charge in [-0.15, -0.1) is 0 Å². The maximum atomic E-state index is 5.18. The number of benzene rings is 7. The van der Waals surface area contributed by atoms with Crippen LogP contribution in [0.25, 0.3) is 93.8 Å². The minimum atomic E-state index is 0.887. The van der Waals surface area contributed by atoms with Crippen LogP contribution in [0.4, 0.5) is 0 Å². The molecule has 0 aliphatic carbocycles. The largest absolute Gasteiger partial charge is 0.294 e. The SMILES string of the molecule is c1ccc(-c2c3ccccc3c(-c3ccccc3)c3cc(-c4ccc(-c5cccc(-n6c7ccccc7c7cnccc76)n5)cc4)ccc23)cc1. The van der Waals surface area contributed by atoms with E-state index in [9.17, 15) is 0 Å². The van der Waals surface area contributed by atoms with Crippen molar-refractivity contribution in [1.82, 2.24) is 14.5 Å². The molecule has 0 amide bonds. The molecular formula is C48H31N3. The Morgan fingerprint density at radius 3 is 1.65 bits per heavy atom. The number of rotatable bonds is 5. The van der Waals surface area contributed by atoms with Gasteiger partial charge in [-0.3, -0.25) is 9.55 Å². The zero-order chi connectivity index (χ0) is 33.7. The molecule has 3 aromatic heterocycles. The Labute approximate surface area is 295 Å². The number of aromatic nitrogens is 3. The lowest BCUT2D eigenvalue weighted by molar-refractivity contribution is 1.08. The summed E-state index contributed by atoms with van der Waals surface area (Å²) in [6, 6.07) is 63.0. The summed E-state index contributed by atoms with van der Waals surface area (Å²) in [6.07, 6.45) is 3.79. The van der Waals surface area contributed by atoms with Gasteiger partial charge in [0.2, 0.25) is 0 Å². The van der Waals surface area contributed by atoms with Crippen LogP contribution < -0.4 is 0 Å². The third-order valence-electron chi connectivity index (χ3n) is 10.1. The predicted octanol–water partition coefficient (Wildman–Crippen LogP) is 12.5. The zero-order valence-corrected chi connectivity index (χ0v) is 27.7. The molecule has 0 aliphatic rings. The first-order valence-electron chi connectivity index (χ1n) is 17.3. The maximum Gasteiger partial charge on any atom is 0.138 e. The van der Waals surface area contributed by atoms with Crippen molar-refractivity contribution in [3.8, 4) is 50.5 Å². The number of pyridine rings is 2. The third kappa shape index (κ3) is 4.82. The highest BCUT2D eigenvalue weighted by Gasteiger charge is 2.18. The molecule has 0 spiro atoms. The third-order valence-corrected chi connectivity index (χ3v) is 10.1. The average molecular weight is 650 g/mol. The van der Waals surface area contributed by atoms with Crippen LogP contribution in [0.5, 0.6) is 0 Å². The Morgan fingerprint density at radius 2 is 0.922 bits per heavy atom. The molecule has 10 aromatic rings. The van der Waals surface area contributed by atoms with Gasteiger partial charge >= 0.3 is 0 Å². The molecule has 51 heavy (non-hydrogen) atoms. The monoisotopic (exact) mass is 649 g/mol. The molecule has 10 rings (SSSR count). The predicted molar refractivity (Wildman–Crippen MR) is 213 cm³/mol. The lowest BCUT2D eigenvalue weighted by Gasteiger charge is -2.18. The Hall–Kier alpha value is -6.84. The van der Waals surface area contributed by atoms with Gasteiger partial charge in [-0.05, 0) is 85.3 Å². The first-order chi connectivity index (χ1) is 25.3. The summed E-state index contributed by atoms with van der Waals surface area (Å²) < 4.78 is 2.23. The highest BCUT2D eigenvalue weighted by molar-refractivity contribution is 6.22. The van der Waals surface area contributed by atoms with Crippen molar-refractivity contribution in [3.05, 3.63) is 188 Å². The zero-order valence-electron chi connectivity index (χ0n) is 27.7. The van der Waals surface area contributed by atoms with Crippen molar-refractivity contribution < 1.29 is 0 Å². The van der Waals surface area contributed by atoms with Crippen molar-refractivity contribution in [2.75, 3.05) is 0 Å². The molecule has 0 atom stereocenters. The molecule has 0 saturated heterocycles. The highest BCUT2D eigenvalue weighted by Crippen LogP contribution is 2.45. The summed E-state index contributed by atoms with van der Waals surface area (Å²) in [7, 11) is 0. The molecule has 238 valence electrons. The second kappa shape index (κ2) is 11.9. The Balaban J connectivity index is 1.10. The van der Waals surface area contributed by atoms with Crippen LogP contribution in [-0.2, 0) is 0 Å². The van der Waals surface area contributed by atoms with E-state index in [4.69, 9.17) is 4.98 Å². The van der Waals surface area contributed by atoms with Gasteiger partial charge in [0.1, 0.15) is 5.82 Å². The van der Waals surface area contributed by atoms with Crippen LogP contribution in [0.1, 0.15) is 0 Å². The molecule has 0 fully saturated rings. The summed E-state index contributed by atoms with van der Waals surface area (Å²) in [5, 5.41) is 7.32. The van der Waals surface area contributed by atoms with Gasteiger partial charge in [0.05, 0.1) is 16.7 Å². The van der Waals surface area contributed by atoms with Gasteiger partial charge < -0.3 is 0 Å². The summed E-state index contributed by atoms with van der Waals surface area (Å²) >= 11 is 0. The molecule has 3 nitrogen and oxygen atoms in total. The van der Waals surface area contributed by atoms with Crippen molar-refractivity contribution in [1.29, 1.82) is 0 Å². The maximum absolute atomic E-state index is 5.18. The molecular weight excluding hydrogens is 619 g/mol. The molecule has 3 heterocycles. The number of hydrogen-bond acceptors (Lipinski definition) is 2. The van der Waals surface area contributed by atoms with E-state index in [1.807, 2.05) is 12.4 Å². The molecule has 3 heteroatoms. The van der Waals surface area contributed by atoms with E-state index < -0.39 is 0 Å².